The van der Waals surface area contributed by atoms with E-state index in [1.807, 2.05) is 34.7 Å². The van der Waals surface area contributed by atoms with E-state index in [4.69, 9.17) is 10.00 Å². The highest BCUT2D eigenvalue weighted by atomic mass is 16.5. The molecular weight excluding hydrogens is 304 g/mol. The molecule has 6 heteroatoms. The number of pyridine rings is 1. The lowest BCUT2D eigenvalue weighted by molar-refractivity contribution is 0.174. The molecule has 0 aliphatic carbocycles. The average Bonchev–Trinajstić information content (AvgIpc) is 3.04. The first-order valence-electron chi connectivity index (χ1n) is 7.60. The third-order valence-corrected chi connectivity index (χ3v) is 3.86. The van der Waals surface area contributed by atoms with Gasteiger partial charge >= 0.3 is 0 Å². The van der Waals surface area contributed by atoms with E-state index in [9.17, 15) is 5.11 Å². The van der Waals surface area contributed by atoms with Crippen molar-refractivity contribution in [3.63, 3.8) is 0 Å². The largest absolute Gasteiger partial charge is 0.497 e. The standard InChI is InChI=1S/C18H18N4O2/c1-24-16-5-3-14(4-6-16)17(23)11-20-9-15-10-21-18-7-2-13(8-19)12-22(15)18/h2-7,10,12,17,20,23H,9,11H2,1H3. The molecule has 6 nitrogen and oxygen atoms in total. The number of aromatic nitrogens is 2. The number of methoxy groups -OCH3 is 1. The van der Waals surface area contributed by atoms with Crippen molar-refractivity contribution in [1.29, 1.82) is 5.26 Å². The van der Waals surface area contributed by atoms with Gasteiger partial charge in [-0.1, -0.05) is 12.1 Å². The Hall–Kier alpha value is -2.88. The fraction of sp³-hybridized carbons (Fsp3) is 0.222. The van der Waals surface area contributed by atoms with E-state index in [-0.39, 0.29) is 0 Å². The molecule has 0 aliphatic heterocycles. The maximum Gasteiger partial charge on any atom is 0.137 e. The summed E-state index contributed by atoms with van der Waals surface area (Å²) in [6, 6.07) is 13.0. The molecule has 24 heavy (non-hydrogen) atoms. The van der Waals surface area contributed by atoms with Crippen molar-refractivity contribution in [3.05, 3.63) is 65.6 Å². The maximum atomic E-state index is 10.2. The average molecular weight is 322 g/mol. The fourth-order valence-electron chi connectivity index (χ4n) is 2.51. The predicted octanol–water partition coefficient (Wildman–Crippen LogP) is 2.04. The Balaban J connectivity index is 1.62. The number of aliphatic hydroxyl groups is 1. The third kappa shape index (κ3) is 3.38. The Kier molecular flexibility index (Phi) is 4.75. The molecule has 2 aromatic heterocycles. The predicted molar refractivity (Wildman–Crippen MR) is 89.6 cm³/mol. The minimum atomic E-state index is -0.607. The van der Waals surface area contributed by atoms with Crippen molar-refractivity contribution < 1.29 is 9.84 Å². The minimum absolute atomic E-state index is 0.414. The number of nitriles is 1. The highest BCUT2D eigenvalue weighted by molar-refractivity contribution is 5.44. The summed E-state index contributed by atoms with van der Waals surface area (Å²) in [5.41, 5.74) is 3.14. The first-order chi connectivity index (χ1) is 11.7. The van der Waals surface area contributed by atoms with Gasteiger partial charge in [-0.25, -0.2) is 4.98 Å². The smallest absolute Gasteiger partial charge is 0.137 e. The van der Waals surface area contributed by atoms with E-state index in [1.54, 1.807) is 25.6 Å². The van der Waals surface area contributed by atoms with Crippen molar-refractivity contribution in [3.8, 4) is 11.8 Å². The van der Waals surface area contributed by atoms with Crippen LogP contribution in [-0.2, 0) is 6.54 Å². The number of ether oxygens (including phenoxy) is 1. The van der Waals surface area contributed by atoms with Gasteiger partial charge in [-0.15, -0.1) is 0 Å². The maximum absolute atomic E-state index is 10.2. The summed E-state index contributed by atoms with van der Waals surface area (Å²) in [6.07, 6.45) is 2.92. The second kappa shape index (κ2) is 7.13. The van der Waals surface area contributed by atoms with E-state index in [0.29, 0.717) is 18.7 Å². The van der Waals surface area contributed by atoms with Crippen molar-refractivity contribution in [2.45, 2.75) is 12.6 Å². The van der Waals surface area contributed by atoms with Crippen LogP contribution in [0.1, 0.15) is 22.9 Å². The van der Waals surface area contributed by atoms with Gasteiger partial charge in [-0.2, -0.15) is 5.26 Å². The van der Waals surface area contributed by atoms with Gasteiger partial charge in [0.05, 0.1) is 30.7 Å². The zero-order chi connectivity index (χ0) is 16.9. The number of nitrogens with zero attached hydrogens (tertiary/aromatic N) is 3. The molecule has 1 unspecified atom stereocenters. The number of hydrogen-bond donors (Lipinski definition) is 2. The van der Waals surface area contributed by atoms with Crippen LogP contribution in [-0.4, -0.2) is 28.1 Å². The molecule has 2 N–H and O–H groups in total. The minimum Gasteiger partial charge on any atom is -0.497 e. The fourth-order valence-corrected chi connectivity index (χ4v) is 2.51. The van der Waals surface area contributed by atoms with Crippen LogP contribution < -0.4 is 10.1 Å². The van der Waals surface area contributed by atoms with Crippen LogP contribution in [0.3, 0.4) is 0 Å². The molecule has 2 heterocycles. The molecule has 122 valence electrons. The van der Waals surface area contributed by atoms with E-state index in [1.165, 1.54) is 0 Å². The zero-order valence-electron chi connectivity index (χ0n) is 13.3. The molecule has 0 saturated carbocycles. The topological polar surface area (TPSA) is 82.6 Å². The molecule has 0 amide bonds. The molecule has 0 bridgehead atoms. The number of benzene rings is 1. The molecule has 1 aromatic carbocycles. The molecule has 3 rings (SSSR count). The Morgan fingerprint density at radius 2 is 2.08 bits per heavy atom. The Morgan fingerprint density at radius 3 is 2.79 bits per heavy atom. The zero-order valence-corrected chi connectivity index (χ0v) is 13.3. The van der Waals surface area contributed by atoms with E-state index < -0.39 is 6.10 Å². The number of aliphatic hydroxyl groups excluding tert-OH is 1. The number of imidazole rings is 1. The van der Waals surface area contributed by atoms with Gasteiger partial charge < -0.3 is 19.6 Å². The molecule has 0 spiro atoms. The summed E-state index contributed by atoms with van der Waals surface area (Å²) in [5.74, 6) is 0.762. The number of fused-ring (bicyclic) bond motifs is 1. The van der Waals surface area contributed by atoms with Crippen molar-refractivity contribution in [2.75, 3.05) is 13.7 Å². The molecule has 0 radical (unpaired) electrons. The molecule has 0 fully saturated rings. The van der Waals surface area contributed by atoms with Crippen LogP contribution in [0.4, 0.5) is 0 Å². The quantitative estimate of drug-likeness (QED) is 0.726. The molecule has 0 aliphatic rings. The highest BCUT2D eigenvalue weighted by Gasteiger charge is 2.09. The lowest BCUT2D eigenvalue weighted by atomic mass is 10.1. The molecular formula is C18H18N4O2. The summed E-state index contributed by atoms with van der Waals surface area (Å²) in [4.78, 5) is 4.31. The SMILES string of the molecule is COc1ccc(C(O)CNCc2cnc3ccc(C#N)cn23)cc1. The second-order valence-electron chi connectivity index (χ2n) is 5.43. The summed E-state index contributed by atoms with van der Waals surface area (Å²) >= 11 is 0. The van der Waals surface area contributed by atoms with Crippen LogP contribution in [0, 0.1) is 11.3 Å². The van der Waals surface area contributed by atoms with Crippen LogP contribution in [0.25, 0.3) is 5.65 Å². The lowest BCUT2D eigenvalue weighted by Gasteiger charge is -2.12. The van der Waals surface area contributed by atoms with Gasteiger partial charge in [0.25, 0.3) is 0 Å². The highest BCUT2D eigenvalue weighted by Crippen LogP contribution is 2.17. The first-order valence-corrected chi connectivity index (χ1v) is 7.60. The van der Waals surface area contributed by atoms with Crippen LogP contribution in [0.15, 0.2) is 48.8 Å². The lowest BCUT2D eigenvalue weighted by Crippen LogP contribution is -2.21. The number of nitrogens with one attached hydrogen (secondary N) is 1. The van der Waals surface area contributed by atoms with Crippen LogP contribution >= 0.6 is 0 Å². The molecule has 1 atom stereocenters. The summed E-state index contributed by atoms with van der Waals surface area (Å²) < 4.78 is 6.99. The summed E-state index contributed by atoms with van der Waals surface area (Å²) in [5, 5.41) is 22.5. The van der Waals surface area contributed by atoms with Crippen molar-refractivity contribution in [1.82, 2.24) is 14.7 Å². The van der Waals surface area contributed by atoms with E-state index in [0.717, 1.165) is 22.7 Å². The van der Waals surface area contributed by atoms with E-state index in [2.05, 4.69) is 16.4 Å². The van der Waals surface area contributed by atoms with E-state index >= 15 is 0 Å². The summed E-state index contributed by atoms with van der Waals surface area (Å²) in [7, 11) is 1.61. The van der Waals surface area contributed by atoms with Gasteiger partial charge in [0, 0.05) is 19.3 Å². The normalized spacial score (nSPS) is 12.0. The van der Waals surface area contributed by atoms with Gasteiger partial charge in [0.15, 0.2) is 0 Å². The van der Waals surface area contributed by atoms with Crippen molar-refractivity contribution in [2.24, 2.45) is 0 Å². The Labute approximate surface area is 140 Å². The number of rotatable bonds is 6. The number of hydrogen-bond acceptors (Lipinski definition) is 5. The van der Waals surface area contributed by atoms with Crippen molar-refractivity contribution >= 4 is 5.65 Å². The monoisotopic (exact) mass is 322 g/mol. The van der Waals surface area contributed by atoms with Crippen LogP contribution in [0.5, 0.6) is 5.75 Å². The third-order valence-electron chi connectivity index (χ3n) is 3.86. The summed E-state index contributed by atoms with van der Waals surface area (Å²) in [6.45, 7) is 0.959. The Morgan fingerprint density at radius 1 is 1.29 bits per heavy atom. The van der Waals surface area contributed by atoms with Gasteiger partial charge in [0.2, 0.25) is 0 Å². The Bertz CT molecular complexity index is 865. The van der Waals surface area contributed by atoms with Gasteiger partial charge in [-0.05, 0) is 29.8 Å². The van der Waals surface area contributed by atoms with Crippen LogP contribution in [0.2, 0.25) is 0 Å². The second-order valence-corrected chi connectivity index (χ2v) is 5.43. The van der Waals surface area contributed by atoms with Gasteiger partial charge in [0.1, 0.15) is 17.5 Å². The molecule has 0 saturated heterocycles. The molecule has 3 aromatic rings. The first kappa shape index (κ1) is 16.0. The van der Waals surface area contributed by atoms with Gasteiger partial charge in [-0.3, -0.25) is 0 Å².